The molecule has 3 nitrogen and oxygen atoms in total. The van der Waals surface area contributed by atoms with Crippen LogP contribution in [0.2, 0.25) is 0 Å². The fraction of sp³-hybridized carbons (Fsp3) is 1.00. The van der Waals surface area contributed by atoms with Crippen molar-refractivity contribution < 1.29 is 13.3 Å². The highest BCUT2D eigenvalue weighted by molar-refractivity contribution is 6.36. The van der Waals surface area contributed by atoms with Gasteiger partial charge in [-0.2, -0.15) is 0 Å². The monoisotopic (exact) mass is 163 g/mol. The summed E-state index contributed by atoms with van der Waals surface area (Å²) in [6, 6.07) is 0. The highest BCUT2D eigenvalue weighted by atomic mass is 28.3. The van der Waals surface area contributed by atoms with Crippen LogP contribution in [-0.2, 0) is 13.3 Å². The maximum absolute atomic E-state index is 5.24. The van der Waals surface area contributed by atoms with Gasteiger partial charge in [0.2, 0.25) is 9.53 Å². The molecule has 0 saturated heterocycles. The first-order chi connectivity index (χ1) is 4.85. The molecule has 0 saturated carbocycles. The van der Waals surface area contributed by atoms with Crippen LogP contribution < -0.4 is 0 Å². The molecular formula is C6H15O3Si-. The molecule has 0 aliphatic carbocycles. The summed E-state index contributed by atoms with van der Waals surface area (Å²) < 4.78 is 15.3. The van der Waals surface area contributed by atoms with Crippen molar-refractivity contribution in [2.45, 2.75) is 20.3 Å². The molecule has 0 bridgehead atoms. The van der Waals surface area contributed by atoms with Crippen molar-refractivity contribution in [1.82, 2.24) is 0 Å². The molecule has 62 valence electrons. The molecule has 0 aromatic rings. The van der Waals surface area contributed by atoms with Crippen molar-refractivity contribution in [1.29, 1.82) is 0 Å². The molecule has 0 N–H and O–H groups in total. The summed E-state index contributed by atoms with van der Waals surface area (Å²) >= 11 is 0. The lowest BCUT2D eigenvalue weighted by Crippen LogP contribution is -2.25. The van der Waals surface area contributed by atoms with Crippen LogP contribution in [-0.4, -0.2) is 29.9 Å². The third-order valence-corrected chi connectivity index (χ3v) is 2.15. The fourth-order valence-electron chi connectivity index (χ4n) is 0.463. The third-order valence-electron chi connectivity index (χ3n) is 0.853. The third kappa shape index (κ3) is 4.93. The van der Waals surface area contributed by atoms with Gasteiger partial charge in [0.05, 0.1) is 0 Å². The van der Waals surface area contributed by atoms with Gasteiger partial charge in [-0.1, -0.05) is 6.92 Å². The summed E-state index contributed by atoms with van der Waals surface area (Å²) in [5, 5.41) is 0. The van der Waals surface area contributed by atoms with Gasteiger partial charge < -0.3 is 13.3 Å². The second-order valence-corrected chi connectivity index (χ2v) is 3.22. The van der Waals surface area contributed by atoms with E-state index in [9.17, 15) is 0 Å². The average Bonchev–Trinajstić information content (AvgIpc) is 1.98. The van der Waals surface area contributed by atoms with Gasteiger partial charge in [-0.3, -0.25) is 0 Å². The Bertz CT molecular complexity index is 70.0. The zero-order valence-electron chi connectivity index (χ0n) is 6.85. The van der Waals surface area contributed by atoms with E-state index in [1.54, 1.807) is 7.11 Å². The maximum Gasteiger partial charge on any atom is 0.214 e. The molecule has 0 amide bonds. The van der Waals surface area contributed by atoms with Crippen LogP contribution in [0, 0.1) is 0 Å². The van der Waals surface area contributed by atoms with Gasteiger partial charge in [-0.25, -0.2) is 0 Å². The second-order valence-electron chi connectivity index (χ2n) is 1.74. The predicted molar refractivity (Wildman–Crippen MR) is 40.6 cm³/mol. The summed E-state index contributed by atoms with van der Waals surface area (Å²) in [6.07, 6.45) is 1.00. The van der Waals surface area contributed by atoms with Gasteiger partial charge in [-0.15, -0.1) is 0 Å². The van der Waals surface area contributed by atoms with E-state index in [0.29, 0.717) is 6.61 Å². The first-order valence-electron chi connectivity index (χ1n) is 3.51. The minimum absolute atomic E-state index is 0.659. The minimum atomic E-state index is -1.40. The normalized spacial score (nSPS) is 10.8. The van der Waals surface area contributed by atoms with Crippen LogP contribution in [0.3, 0.4) is 0 Å². The predicted octanol–water partition coefficient (Wildman–Crippen LogP) is 1.08. The van der Waals surface area contributed by atoms with Crippen molar-refractivity contribution in [2.75, 3.05) is 20.3 Å². The van der Waals surface area contributed by atoms with Crippen LogP contribution in [0.25, 0.3) is 0 Å². The van der Waals surface area contributed by atoms with E-state index in [0.717, 1.165) is 13.0 Å². The van der Waals surface area contributed by atoms with Crippen molar-refractivity contribution in [3.63, 3.8) is 0 Å². The van der Waals surface area contributed by atoms with Crippen LogP contribution in [0.15, 0.2) is 0 Å². The van der Waals surface area contributed by atoms with Gasteiger partial charge in [0.25, 0.3) is 0 Å². The zero-order valence-corrected chi connectivity index (χ0v) is 7.85. The van der Waals surface area contributed by atoms with E-state index in [4.69, 9.17) is 13.3 Å². The molecule has 10 heavy (non-hydrogen) atoms. The van der Waals surface area contributed by atoms with Gasteiger partial charge >= 0.3 is 0 Å². The molecule has 0 spiro atoms. The Morgan fingerprint density at radius 2 is 1.90 bits per heavy atom. The van der Waals surface area contributed by atoms with E-state index in [-0.39, 0.29) is 0 Å². The molecule has 0 aromatic carbocycles. The van der Waals surface area contributed by atoms with E-state index in [2.05, 4.69) is 6.92 Å². The fourth-order valence-corrected chi connectivity index (χ4v) is 1.39. The van der Waals surface area contributed by atoms with Crippen LogP contribution in [0.5, 0.6) is 0 Å². The zero-order chi connectivity index (χ0) is 7.82. The van der Waals surface area contributed by atoms with Crippen LogP contribution in [0.1, 0.15) is 20.3 Å². The molecular weight excluding hydrogens is 148 g/mol. The van der Waals surface area contributed by atoms with Crippen molar-refractivity contribution >= 4 is 9.53 Å². The Kier molecular flexibility index (Phi) is 7.28. The van der Waals surface area contributed by atoms with Crippen LogP contribution in [0.4, 0.5) is 0 Å². The Morgan fingerprint density at radius 1 is 1.20 bits per heavy atom. The molecule has 0 heterocycles. The molecule has 0 rings (SSSR count). The lowest BCUT2D eigenvalue weighted by molar-refractivity contribution is 0.118. The molecule has 0 aliphatic heterocycles. The Morgan fingerprint density at radius 3 is 2.30 bits per heavy atom. The smallest absolute Gasteiger partial charge is 0.214 e. The lowest BCUT2D eigenvalue weighted by atomic mass is 10.5. The summed E-state index contributed by atoms with van der Waals surface area (Å²) in [6.45, 7) is 5.37. The van der Waals surface area contributed by atoms with Gasteiger partial charge in [0, 0.05) is 13.2 Å². The Balaban J connectivity index is 3.21. The van der Waals surface area contributed by atoms with E-state index < -0.39 is 9.53 Å². The first-order valence-corrected chi connectivity index (χ1v) is 4.74. The molecule has 0 radical (unpaired) electrons. The average molecular weight is 163 g/mol. The van der Waals surface area contributed by atoms with Gasteiger partial charge in [0.15, 0.2) is 0 Å². The Hall–Kier alpha value is 0.0969. The van der Waals surface area contributed by atoms with Crippen molar-refractivity contribution in [2.24, 2.45) is 0 Å². The molecule has 0 aromatic heterocycles. The van der Waals surface area contributed by atoms with E-state index in [1.165, 1.54) is 0 Å². The minimum Gasteiger partial charge on any atom is -0.544 e. The topological polar surface area (TPSA) is 27.7 Å². The molecule has 0 aliphatic rings. The van der Waals surface area contributed by atoms with Crippen LogP contribution >= 0.6 is 0 Å². The van der Waals surface area contributed by atoms with Gasteiger partial charge in [0.1, 0.15) is 0 Å². The first kappa shape index (κ1) is 10.1. The largest absolute Gasteiger partial charge is 0.544 e. The number of rotatable bonds is 6. The van der Waals surface area contributed by atoms with E-state index in [1.807, 2.05) is 6.92 Å². The van der Waals surface area contributed by atoms with Gasteiger partial charge in [-0.05, 0) is 20.5 Å². The lowest BCUT2D eigenvalue weighted by Gasteiger charge is -2.27. The highest BCUT2D eigenvalue weighted by Crippen LogP contribution is 1.91. The molecule has 4 heteroatoms. The highest BCUT2D eigenvalue weighted by Gasteiger charge is 1.92. The van der Waals surface area contributed by atoms with Crippen molar-refractivity contribution in [3.05, 3.63) is 0 Å². The molecule has 0 fully saturated rings. The number of hydrogen-bond donors (Lipinski definition) is 0. The van der Waals surface area contributed by atoms with Crippen molar-refractivity contribution in [3.8, 4) is 0 Å². The summed E-state index contributed by atoms with van der Waals surface area (Å²) in [7, 11) is 0.213. The summed E-state index contributed by atoms with van der Waals surface area (Å²) in [4.78, 5) is 0. The Labute approximate surface area is 64.3 Å². The standard InChI is InChI=1S/C6H15O3Si/c1-4-6-9-10(7-3)8-5-2/h4-6H2,1-3H3/q-1. The molecule has 0 unspecified atom stereocenters. The van der Waals surface area contributed by atoms with E-state index >= 15 is 0 Å². The maximum atomic E-state index is 5.24. The SMILES string of the molecule is CCCO[Si-](OC)OCC. The summed E-state index contributed by atoms with van der Waals surface area (Å²) in [5.74, 6) is 0. The molecule has 0 atom stereocenters. The quantitative estimate of drug-likeness (QED) is 0.548. The summed E-state index contributed by atoms with van der Waals surface area (Å²) in [5.41, 5.74) is 0. The number of hydrogen-bond acceptors (Lipinski definition) is 3. The second kappa shape index (κ2) is 7.21.